The smallest absolute Gasteiger partial charge is 0.246 e. The zero-order chi connectivity index (χ0) is 24.0. The molecule has 178 valence electrons. The summed E-state index contributed by atoms with van der Waals surface area (Å²) >= 11 is 1.43. The van der Waals surface area contributed by atoms with Gasteiger partial charge in [-0.15, -0.1) is 11.8 Å². The van der Waals surface area contributed by atoms with Crippen LogP contribution in [0, 0.1) is 0 Å². The van der Waals surface area contributed by atoms with Gasteiger partial charge in [-0.1, -0.05) is 48.5 Å². The van der Waals surface area contributed by atoms with Gasteiger partial charge in [0, 0.05) is 23.7 Å². The topological polar surface area (TPSA) is 84.9 Å². The fourth-order valence-corrected chi connectivity index (χ4v) is 6.26. The van der Waals surface area contributed by atoms with Crippen LogP contribution in [0.25, 0.3) is 0 Å². The van der Waals surface area contributed by atoms with Crippen LogP contribution in [0.4, 0.5) is 5.69 Å². The Morgan fingerprint density at radius 3 is 2.29 bits per heavy atom. The number of amides is 1. The number of methoxy groups -OCH3 is 1. The highest BCUT2D eigenvalue weighted by Crippen LogP contribution is 2.37. The Balaban J connectivity index is 1.62. The number of thioether (sulfide) groups is 1. The first kappa shape index (κ1) is 24.3. The number of carbonyl (C=O) groups is 1. The number of benzene rings is 3. The monoisotopic (exact) mass is 498 g/mol. The van der Waals surface area contributed by atoms with Crippen molar-refractivity contribution in [3.8, 4) is 5.75 Å². The van der Waals surface area contributed by atoms with E-state index in [1.165, 1.54) is 29.2 Å². The van der Waals surface area contributed by atoms with Crippen molar-refractivity contribution in [2.45, 2.75) is 15.0 Å². The Labute approximate surface area is 204 Å². The van der Waals surface area contributed by atoms with Crippen LogP contribution < -0.4 is 10.1 Å². The van der Waals surface area contributed by atoms with E-state index in [9.17, 15) is 13.2 Å². The summed E-state index contributed by atoms with van der Waals surface area (Å²) in [5.74, 6) is -0.0253. The van der Waals surface area contributed by atoms with Crippen molar-refractivity contribution in [2.75, 3.05) is 38.7 Å². The van der Waals surface area contributed by atoms with E-state index >= 15 is 0 Å². The average Bonchev–Trinajstić information content (AvgIpc) is 2.89. The summed E-state index contributed by atoms with van der Waals surface area (Å²) in [4.78, 5) is 14.4. The largest absolute Gasteiger partial charge is 0.495 e. The van der Waals surface area contributed by atoms with E-state index in [1.807, 2.05) is 60.7 Å². The van der Waals surface area contributed by atoms with Crippen molar-refractivity contribution < 1.29 is 22.7 Å². The predicted molar refractivity (Wildman–Crippen MR) is 133 cm³/mol. The Morgan fingerprint density at radius 1 is 1.00 bits per heavy atom. The molecule has 3 aromatic rings. The third-order valence-corrected chi connectivity index (χ3v) is 8.54. The summed E-state index contributed by atoms with van der Waals surface area (Å²) < 4.78 is 38.5. The molecule has 0 aliphatic carbocycles. The van der Waals surface area contributed by atoms with Crippen LogP contribution in [-0.4, -0.2) is 52.0 Å². The lowest BCUT2D eigenvalue weighted by atomic mass is 10.1. The normalized spacial score (nSPS) is 15.4. The van der Waals surface area contributed by atoms with Crippen molar-refractivity contribution in [3.05, 3.63) is 84.4 Å². The molecule has 9 heteroatoms. The van der Waals surface area contributed by atoms with E-state index < -0.39 is 15.3 Å². The number of hydrogen-bond acceptors (Lipinski definition) is 6. The molecule has 1 amide bonds. The number of sulfonamides is 1. The van der Waals surface area contributed by atoms with Gasteiger partial charge in [0.2, 0.25) is 15.9 Å². The van der Waals surface area contributed by atoms with Gasteiger partial charge < -0.3 is 14.8 Å². The third kappa shape index (κ3) is 5.61. The SMILES string of the molecule is COc1ccc(NC(=O)[C@H](Sc2ccccc2)c2ccccc2)cc1S(=O)(=O)N1CCOCC1. The van der Waals surface area contributed by atoms with Crippen molar-refractivity contribution in [3.63, 3.8) is 0 Å². The number of rotatable bonds is 8. The molecule has 0 bridgehead atoms. The van der Waals surface area contributed by atoms with Crippen molar-refractivity contribution >= 4 is 33.4 Å². The molecule has 0 spiro atoms. The van der Waals surface area contributed by atoms with Gasteiger partial charge in [-0.05, 0) is 35.9 Å². The summed E-state index contributed by atoms with van der Waals surface area (Å²) in [6.07, 6.45) is 0. The van der Waals surface area contributed by atoms with Crippen LogP contribution in [0.5, 0.6) is 5.75 Å². The molecule has 0 radical (unpaired) electrons. The van der Waals surface area contributed by atoms with E-state index in [2.05, 4.69) is 5.32 Å². The quantitative estimate of drug-likeness (QED) is 0.469. The fourth-order valence-electron chi connectivity index (χ4n) is 3.63. The fraction of sp³-hybridized carbons (Fsp3) is 0.240. The van der Waals surface area contributed by atoms with Gasteiger partial charge in [0.15, 0.2) is 0 Å². The molecule has 1 saturated heterocycles. The van der Waals surface area contributed by atoms with E-state index in [0.717, 1.165) is 10.5 Å². The van der Waals surface area contributed by atoms with Crippen molar-refractivity contribution in [2.24, 2.45) is 0 Å². The lowest BCUT2D eigenvalue weighted by Gasteiger charge is -2.27. The van der Waals surface area contributed by atoms with Gasteiger partial charge in [0.1, 0.15) is 15.9 Å². The van der Waals surface area contributed by atoms with Crippen LogP contribution in [0.2, 0.25) is 0 Å². The average molecular weight is 499 g/mol. The number of ether oxygens (including phenoxy) is 2. The predicted octanol–water partition coefficient (Wildman–Crippen LogP) is 4.19. The molecular formula is C25H26N2O5S2. The minimum absolute atomic E-state index is 0.0154. The first-order chi connectivity index (χ1) is 16.5. The number of anilines is 1. The molecule has 0 aromatic heterocycles. The maximum atomic E-state index is 13.4. The Morgan fingerprint density at radius 2 is 1.65 bits per heavy atom. The second kappa shape index (κ2) is 11.1. The maximum absolute atomic E-state index is 13.4. The highest BCUT2D eigenvalue weighted by Gasteiger charge is 2.30. The van der Waals surface area contributed by atoms with Crippen molar-refractivity contribution in [1.29, 1.82) is 0 Å². The van der Waals surface area contributed by atoms with Crippen LogP contribution in [0.1, 0.15) is 10.8 Å². The number of nitrogens with zero attached hydrogens (tertiary/aromatic N) is 1. The number of morpholine rings is 1. The summed E-state index contributed by atoms with van der Waals surface area (Å²) in [7, 11) is -2.39. The Kier molecular flexibility index (Phi) is 7.89. The van der Waals surface area contributed by atoms with E-state index in [-0.39, 0.29) is 29.6 Å². The first-order valence-corrected chi connectivity index (χ1v) is 13.1. The van der Waals surface area contributed by atoms with Gasteiger partial charge in [-0.2, -0.15) is 4.31 Å². The molecule has 0 unspecified atom stereocenters. The van der Waals surface area contributed by atoms with Crippen LogP contribution in [-0.2, 0) is 19.6 Å². The van der Waals surface area contributed by atoms with Gasteiger partial charge in [-0.3, -0.25) is 4.79 Å². The van der Waals surface area contributed by atoms with Crippen LogP contribution >= 0.6 is 11.8 Å². The molecule has 7 nitrogen and oxygen atoms in total. The van der Waals surface area contributed by atoms with Gasteiger partial charge in [-0.25, -0.2) is 8.42 Å². The molecule has 1 heterocycles. The molecule has 1 fully saturated rings. The highest BCUT2D eigenvalue weighted by molar-refractivity contribution is 8.00. The molecule has 34 heavy (non-hydrogen) atoms. The number of carbonyl (C=O) groups excluding carboxylic acids is 1. The van der Waals surface area contributed by atoms with E-state index in [1.54, 1.807) is 12.1 Å². The van der Waals surface area contributed by atoms with Crippen LogP contribution in [0.15, 0.2) is 88.7 Å². The number of hydrogen-bond donors (Lipinski definition) is 1. The van der Waals surface area contributed by atoms with Crippen molar-refractivity contribution in [1.82, 2.24) is 4.31 Å². The van der Waals surface area contributed by atoms with Gasteiger partial charge in [0.25, 0.3) is 0 Å². The summed E-state index contributed by atoms with van der Waals surface area (Å²) in [5, 5.41) is 2.38. The standard InChI is InChI=1S/C25H26N2O5S2/c1-31-22-13-12-20(18-23(22)34(29,30)27-14-16-32-17-15-27)26-25(28)24(19-8-4-2-5-9-19)33-21-10-6-3-7-11-21/h2-13,18,24H,14-17H2,1H3,(H,26,28)/t24-/m1/s1. The lowest BCUT2D eigenvalue weighted by molar-refractivity contribution is -0.115. The van der Waals surface area contributed by atoms with E-state index in [0.29, 0.717) is 18.9 Å². The second-order valence-electron chi connectivity index (χ2n) is 7.59. The maximum Gasteiger partial charge on any atom is 0.246 e. The minimum Gasteiger partial charge on any atom is -0.495 e. The third-order valence-electron chi connectivity index (χ3n) is 5.36. The summed E-state index contributed by atoms with van der Waals surface area (Å²) in [6.45, 7) is 1.22. The molecule has 4 rings (SSSR count). The zero-order valence-electron chi connectivity index (χ0n) is 18.7. The summed E-state index contributed by atoms with van der Waals surface area (Å²) in [5.41, 5.74) is 1.23. The van der Waals surface area contributed by atoms with E-state index in [4.69, 9.17) is 9.47 Å². The molecule has 0 saturated carbocycles. The summed E-state index contributed by atoms with van der Waals surface area (Å²) in [6, 6.07) is 23.8. The highest BCUT2D eigenvalue weighted by atomic mass is 32.2. The number of nitrogens with one attached hydrogen (secondary N) is 1. The molecule has 1 aliphatic rings. The molecule has 3 aromatic carbocycles. The minimum atomic E-state index is -3.81. The lowest BCUT2D eigenvalue weighted by Crippen LogP contribution is -2.40. The molecular weight excluding hydrogens is 472 g/mol. The van der Waals surface area contributed by atoms with Gasteiger partial charge >= 0.3 is 0 Å². The molecule has 1 N–H and O–H groups in total. The second-order valence-corrected chi connectivity index (χ2v) is 10.7. The Bertz CT molecular complexity index is 1210. The molecule has 1 aliphatic heterocycles. The van der Waals surface area contributed by atoms with Crippen LogP contribution in [0.3, 0.4) is 0 Å². The Hall–Kier alpha value is -2.85. The molecule has 1 atom stereocenters. The first-order valence-electron chi connectivity index (χ1n) is 10.8. The van der Waals surface area contributed by atoms with Gasteiger partial charge in [0.05, 0.1) is 20.3 Å². The zero-order valence-corrected chi connectivity index (χ0v) is 20.3.